The summed E-state index contributed by atoms with van der Waals surface area (Å²) in [6.07, 6.45) is 2.88. The van der Waals surface area contributed by atoms with Gasteiger partial charge >= 0.3 is 5.97 Å². The molecule has 1 fully saturated rings. The third kappa shape index (κ3) is 5.85. The molecule has 3 heterocycles. The molecule has 0 saturated heterocycles. The number of rotatable bonds is 10. The van der Waals surface area contributed by atoms with Crippen LogP contribution in [0.1, 0.15) is 51.6 Å². The molecule has 0 radical (unpaired) electrons. The molecular weight excluding hydrogens is 600 g/mol. The summed E-state index contributed by atoms with van der Waals surface area (Å²) in [7, 11) is 0. The van der Waals surface area contributed by atoms with E-state index in [0.717, 1.165) is 35.4 Å². The van der Waals surface area contributed by atoms with Gasteiger partial charge < -0.3 is 18.9 Å². The highest BCUT2D eigenvalue weighted by Crippen LogP contribution is 2.40. The molecule has 14 heteroatoms. The van der Waals surface area contributed by atoms with Gasteiger partial charge in [-0.05, 0) is 74.9 Å². The number of benzene rings is 2. The van der Waals surface area contributed by atoms with Crippen molar-refractivity contribution in [1.82, 2.24) is 19.9 Å². The number of thiazole rings is 1. The number of carbonyl (C=O) groups is 1. The lowest BCUT2D eigenvalue weighted by atomic mass is 9.94. The zero-order valence-electron chi connectivity index (χ0n) is 22.9. The lowest BCUT2D eigenvalue weighted by Gasteiger charge is -2.12. The maximum Gasteiger partial charge on any atom is 0.355 e. The van der Waals surface area contributed by atoms with E-state index in [9.17, 15) is 23.1 Å². The van der Waals surface area contributed by atoms with Crippen LogP contribution in [0.5, 0.6) is 0 Å². The lowest BCUT2D eigenvalue weighted by molar-refractivity contribution is 0.0691. The van der Waals surface area contributed by atoms with E-state index < -0.39 is 28.9 Å². The smallest absolute Gasteiger partial charge is 0.355 e. The van der Waals surface area contributed by atoms with Gasteiger partial charge in [0.1, 0.15) is 17.4 Å². The first-order valence-corrected chi connectivity index (χ1v) is 15.2. The third-order valence-corrected chi connectivity index (χ3v) is 8.51. The molecule has 5 aromatic rings. The van der Waals surface area contributed by atoms with Crippen LogP contribution in [-0.2, 0) is 24.1 Å². The molecule has 43 heavy (non-hydrogen) atoms. The standard InChI is InChI=1S/C29H25F2N5O5S2/c1-14-26(15(2)41-34-14)19-12-18(6-7-21(19)30)27-20(9-17-5-8-23(22(31)10-17)35-43(39)40)25(11-16-3-4-16)36(33-27)29-32-24(13-42-29)28(37)38/h5-8,10,12-13,16,35H,3-4,9,11H2,1-2H3,(H,37,38)(H,39,40)/p-1. The Bertz CT molecular complexity index is 1880. The number of halogens is 2. The first kappa shape index (κ1) is 28.8. The van der Waals surface area contributed by atoms with Crippen molar-refractivity contribution in [3.05, 3.63) is 87.4 Å². The summed E-state index contributed by atoms with van der Waals surface area (Å²) >= 11 is -1.55. The first-order valence-electron chi connectivity index (χ1n) is 13.3. The Morgan fingerprint density at radius 1 is 1.21 bits per heavy atom. The quantitative estimate of drug-likeness (QED) is 0.180. The predicted octanol–water partition coefficient (Wildman–Crippen LogP) is 5.99. The van der Waals surface area contributed by atoms with Crippen LogP contribution in [0.4, 0.5) is 14.5 Å². The third-order valence-electron chi connectivity index (χ3n) is 7.31. The molecular formula is C29H24F2N5O5S2-. The Morgan fingerprint density at radius 2 is 2.00 bits per heavy atom. The Balaban J connectivity index is 1.53. The maximum absolute atomic E-state index is 15.2. The average Bonchev–Trinajstić information content (AvgIpc) is 3.35. The van der Waals surface area contributed by atoms with Crippen molar-refractivity contribution >= 4 is 34.3 Å². The zero-order valence-corrected chi connectivity index (χ0v) is 24.5. The molecule has 2 N–H and O–H groups in total. The molecule has 1 unspecified atom stereocenters. The number of hydrogen-bond donors (Lipinski definition) is 2. The minimum absolute atomic E-state index is 0.112. The van der Waals surface area contributed by atoms with Crippen LogP contribution in [0, 0.1) is 31.4 Å². The van der Waals surface area contributed by atoms with Crippen LogP contribution in [0.15, 0.2) is 46.3 Å². The molecule has 0 bridgehead atoms. The summed E-state index contributed by atoms with van der Waals surface area (Å²) in [6, 6.07) is 8.83. The molecule has 0 amide bonds. The van der Waals surface area contributed by atoms with Gasteiger partial charge in [-0.1, -0.05) is 11.2 Å². The molecule has 1 saturated carbocycles. The van der Waals surface area contributed by atoms with Crippen LogP contribution in [0.2, 0.25) is 0 Å². The topological polar surface area (TPSA) is 146 Å². The van der Waals surface area contributed by atoms with Gasteiger partial charge in [0, 0.05) is 39.8 Å². The van der Waals surface area contributed by atoms with E-state index in [1.54, 1.807) is 36.7 Å². The minimum Gasteiger partial charge on any atom is -0.755 e. The molecule has 1 aliphatic rings. The molecule has 222 valence electrons. The Morgan fingerprint density at radius 3 is 2.63 bits per heavy atom. The van der Waals surface area contributed by atoms with E-state index in [2.05, 4.69) is 10.1 Å². The summed E-state index contributed by atoms with van der Waals surface area (Å²) in [5.41, 5.74) is 4.21. The van der Waals surface area contributed by atoms with Crippen LogP contribution < -0.4 is 4.72 Å². The fourth-order valence-electron chi connectivity index (χ4n) is 5.10. The van der Waals surface area contributed by atoms with Crippen molar-refractivity contribution < 1.29 is 32.0 Å². The normalized spacial score (nSPS) is 13.8. The summed E-state index contributed by atoms with van der Waals surface area (Å²) in [5, 5.41) is 20.1. The summed E-state index contributed by atoms with van der Waals surface area (Å²) < 4.78 is 61.1. The van der Waals surface area contributed by atoms with Crippen LogP contribution in [-0.4, -0.2) is 39.8 Å². The number of nitrogens with one attached hydrogen (secondary N) is 1. The molecule has 6 rings (SSSR count). The molecule has 0 aliphatic heterocycles. The van der Waals surface area contributed by atoms with Crippen molar-refractivity contribution in [2.75, 3.05) is 4.72 Å². The molecule has 0 spiro atoms. The van der Waals surface area contributed by atoms with Crippen LogP contribution >= 0.6 is 11.3 Å². The van der Waals surface area contributed by atoms with Gasteiger partial charge in [0.25, 0.3) is 0 Å². The number of hydrogen-bond acceptors (Lipinski definition) is 8. The number of nitrogens with zero attached hydrogens (tertiary/aromatic N) is 4. The highest BCUT2D eigenvalue weighted by Gasteiger charge is 2.30. The van der Waals surface area contributed by atoms with Gasteiger partial charge in [0.15, 0.2) is 5.69 Å². The largest absolute Gasteiger partial charge is 0.755 e. The second-order valence-electron chi connectivity index (χ2n) is 10.4. The predicted molar refractivity (Wildman–Crippen MR) is 155 cm³/mol. The number of aromatic carboxylic acids is 1. The van der Waals surface area contributed by atoms with Gasteiger partial charge in [-0.15, -0.1) is 11.3 Å². The fourth-order valence-corrected chi connectivity index (χ4v) is 6.22. The van der Waals surface area contributed by atoms with Gasteiger partial charge in [0.05, 0.1) is 28.3 Å². The summed E-state index contributed by atoms with van der Waals surface area (Å²) in [5.74, 6) is -1.52. The number of aromatic nitrogens is 4. The van der Waals surface area contributed by atoms with Crippen molar-refractivity contribution in [3.63, 3.8) is 0 Å². The maximum atomic E-state index is 15.2. The van der Waals surface area contributed by atoms with E-state index in [4.69, 9.17) is 9.62 Å². The summed E-state index contributed by atoms with van der Waals surface area (Å²) in [4.78, 5) is 15.9. The second-order valence-corrected chi connectivity index (χ2v) is 11.9. The van der Waals surface area contributed by atoms with Crippen LogP contribution in [0.3, 0.4) is 0 Å². The number of aryl methyl sites for hydroxylation is 2. The molecule has 10 nitrogen and oxygen atoms in total. The van der Waals surface area contributed by atoms with E-state index >= 15 is 4.39 Å². The Labute approximate surface area is 250 Å². The molecule has 1 atom stereocenters. The van der Waals surface area contributed by atoms with E-state index in [0.29, 0.717) is 51.3 Å². The average molecular weight is 625 g/mol. The highest BCUT2D eigenvalue weighted by atomic mass is 32.2. The minimum atomic E-state index is -2.69. The lowest BCUT2D eigenvalue weighted by Crippen LogP contribution is -2.07. The SMILES string of the molecule is Cc1noc(C)c1-c1cc(-c2nn(-c3nc(C(=O)O)cs3)c(CC3CC3)c2Cc2ccc(NS(=O)[O-])c(F)c2)ccc1F. The molecule has 3 aromatic heterocycles. The Kier molecular flexibility index (Phi) is 7.66. The zero-order chi connectivity index (χ0) is 30.4. The van der Waals surface area contributed by atoms with Gasteiger partial charge in [-0.25, -0.2) is 23.2 Å². The van der Waals surface area contributed by atoms with E-state index in [1.807, 2.05) is 4.72 Å². The molecule has 2 aromatic carbocycles. The highest BCUT2D eigenvalue weighted by molar-refractivity contribution is 7.80. The Hall–Kier alpha value is -4.27. The van der Waals surface area contributed by atoms with E-state index in [1.165, 1.54) is 23.6 Å². The first-order chi connectivity index (χ1) is 20.6. The van der Waals surface area contributed by atoms with Crippen molar-refractivity contribution in [3.8, 4) is 27.5 Å². The second kappa shape index (κ2) is 11.4. The summed E-state index contributed by atoms with van der Waals surface area (Å²) in [6.45, 7) is 3.43. The number of anilines is 1. The van der Waals surface area contributed by atoms with Gasteiger partial charge in [0.2, 0.25) is 5.13 Å². The van der Waals surface area contributed by atoms with Gasteiger partial charge in [-0.2, -0.15) is 5.10 Å². The van der Waals surface area contributed by atoms with Gasteiger partial charge in [-0.3, -0.25) is 4.21 Å². The van der Waals surface area contributed by atoms with Crippen molar-refractivity contribution in [2.24, 2.45) is 5.92 Å². The number of carboxylic acids is 1. The molecule has 1 aliphatic carbocycles. The van der Waals surface area contributed by atoms with Crippen molar-refractivity contribution in [2.45, 2.75) is 39.5 Å². The number of carboxylic acid groups (broad SMARTS) is 1. The van der Waals surface area contributed by atoms with Crippen LogP contribution in [0.25, 0.3) is 27.5 Å². The fraction of sp³-hybridized carbons (Fsp3) is 0.241. The van der Waals surface area contributed by atoms with Crippen molar-refractivity contribution in [1.29, 1.82) is 0 Å². The van der Waals surface area contributed by atoms with E-state index in [-0.39, 0.29) is 23.4 Å². The monoisotopic (exact) mass is 624 g/mol.